The first-order valence-electron chi connectivity index (χ1n) is 8.51. The highest BCUT2D eigenvalue weighted by Crippen LogP contribution is 2.29. The molecule has 3 heteroatoms. The van der Waals surface area contributed by atoms with Crippen LogP contribution in [0.2, 0.25) is 0 Å². The molecule has 0 spiro atoms. The molecule has 0 atom stereocenters. The molecule has 0 bridgehead atoms. The molecule has 2 aliphatic rings. The van der Waals surface area contributed by atoms with E-state index in [2.05, 4.69) is 41.4 Å². The Morgan fingerprint density at radius 1 is 1.14 bits per heavy atom. The molecule has 1 N–H and O–H groups in total. The fourth-order valence-electron chi connectivity index (χ4n) is 2.59. The molecule has 21 heavy (non-hydrogen) atoms. The third-order valence-electron chi connectivity index (χ3n) is 4.43. The Labute approximate surface area is 128 Å². The number of nitrogens with one attached hydrogen (secondary N) is 1. The van der Waals surface area contributed by atoms with E-state index in [9.17, 15) is 0 Å². The van der Waals surface area contributed by atoms with Crippen LogP contribution in [0.25, 0.3) is 0 Å². The van der Waals surface area contributed by atoms with Gasteiger partial charge in [-0.1, -0.05) is 19.1 Å². The summed E-state index contributed by atoms with van der Waals surface area (Å²) in [4.78, 5) is 2.51. The summed E-state index contributed by atoms with van der Waals surface area (Å²) in [6.45, 7) is 7.44. The third-order valence-corrected chi connectivity index (χ3v) is 4.43. The van der Waals surface area contributed by atoms with Crippen LogP contribution in [0.3, 0.4) is 0 Å². The Morgan fingerprint density at radius 2 is 1.90 bits per heavy atom. The number of ether oxygens (including phenoxy) is 1. The summed E-state index contributed by atoms with van der Waals surface area (Å²) in [5.41, 5.74) is 1.35. The lowest BCUT2D eigenvalue weighted by atomic mass is 10.2. The Kier molecular flexibility index (Phi) is 5.15. The SMILES string of the molecule is CCN(CCOc1ccc(CNC2CC2)cc1)CC1CC1. The number of benzene rings is 1. The maximum atomic E-state index is 5.87. The largest absolute Gasteiger partial charge is 0.492 e. The summed E-state index contributed by atoms with van der Waals surface area (Å²) >= 11 is 0. The van der Waals surface area contributed by atoms with E-state index in [-0.39, 0.29) is 0 Å². The highest BCUT2D eigenvalue weighted by molar-refractivity contribution is 5.27. The fourth-order valence-corrected chi connectivity index (χ4v) is 2.59. The molecule has 3 nitrogen and oxygen atoms in total. The van der Waals surface area contributed by atoms with Crippen molar-refractivity contribution < 1.29 is 4.74 Å². The van der Waals surface area contributed by atoms with Gasteiger partial charge in [-0.3, -0.25) is 4.90 Å². The number of rotatable bonds is 10. The lowest BCUT2D eigenvalue weighted by molar-refractivity contribution is 0.210. The predicted octanol–water partition coefficient (Wildman–Crippen LogP) is 3.05. The molecule has 1 aromatic carbocycles. The van der Waals surface area contributed by atoms with Crippen LogP contribution in [0, 0.1) is 5.92 Å². The Balaban J connectivity index is 1.35. The summed E-state index contributed by atoms with van der Waals surface area (Å²) in [5, 5.41) is 3.53. The van der Waals surface area contributed by atoms with Crippen LogP contribution in [0.15, 0.2) is 24.3 Å². The van der Waals surface area contributed by atoms with Gasteiger partial charge in [0, 0.05) is 25.7 Å². The minimum atomic E-state index is 0.771. The van der Waals surface area contributed by atoms with E-state index in [0.717, 1.165) is 44.0 Å². The van der Waals surface area contributed by atoms with Crippen LogP contribution in [-0.2, 0) is 6.54 Å². The second-order valence-electron chi connectivity index (χ2n) is 6.48. The summed E-state index contributed by atoms with van der Waals surface area (Å²) in [6, 6.07) is 9.31. The molecule has 116 valence electrons. The topological polar surface area (TPSA) is 24.5 Å². The van der Waals surface area contributed by atoms with Crippen LogP contribution in [0.5, 0.6) is 5.75 Å². The predicted molar refractivity (Wildman–Crippen MR) is 86.6 cm³/mol. The molecule has 3 rings (SSSR count). The molecule has 0 aromatic heterocycles. The highest BCUT2D eigenvalue weighted by atomic mass is 16.5. The fraction of sp³-hybridized carbons (Fsp3) is 0.667. The standard InChI is InChI=1S/C18H28N2O/c1-2-20(14-16-3-4-16)11-12-21-18-9-5-15(6-10-18)13-19-17-7-8-17/h5-6,9-10,16-17,19H,2-4,7-8,11-14H2,1H3. The first kappa shape index (κ1) is 14.9. The van der Waals surface area contributed by atoms with Gasteiger partial charge in [0.1, 0.15) is 12.4 Å². The van der Waals surface area contributed by atoms with E-state index in [1.54, 1.807) is 0 Å². The van der Waals surface area contributed by atoms with Gasteiger partial charge in [0.2, 0.25) is 0 Å². The van der Waals surface area contributed by atoms with Crippen molar-refractivity contribution in [1.82, 2.24) is 10.2 Å². The molecule has 0 amide bonds. The van der Waals surface area contributed by atoms with E-state index < -0.39 is 0 Å². The molecule has 2 fully saturated rings. The van der Waals surface area contributed by atoms with Crippen molar-refractivity contribution >= 4 is 0 Å². The van der Waals surface area contributed by atoms with Crippen molar-refractivity contribution in [3.63, 3.8) is 0 Å². The van der Waals surface area contributed by atoms with Gasteiger partial charge in [-0.2, -0.15) is 0 Å². The van der Waals surface area contributed by atoms with Gasteiger partial charge in [0.25, 0.3) is 0 Å². The molecule has 2 aliphatic carbocycles. The maximum absolute atomic E-state index is 5.87. The molecule has 1 aromatic rings. The van der Waals surface area contributed by atoms with E-state index >= 15 is 0 Å². The van der Waals surface area contributed by atoms with E-state index in [4.69, 9.17) is 4.74 Å². The van der Waals surface area contributed by atoms with Crippen LogP contribution in [-0.4, -0.2) is 37.2 Å². The molecule has 2 saturated carbocycles. The first-order chi connectivity index (χ1) is 10.3. The van der Waals surface area contributed by atoms with Gasteiger partial charge in [0.05, 0.1) is 0 Å². The van der Waals surface area contributed by atoms with Crippen molar-refractivity contribution in [2.45, 2.75) is 45.2 Å². The quantitative estimate of drug-likeness (QED) is 0.716. The lowest BCUT2D eigenvalue weighted by Crippen LogP contribution is -2.30. The van der Waals surface area contributed by atoms with Gasteiger partial charge in [0.15, 0.2) is 0 Å². The third kappa shape index (κ3) is 5.33. The zero-order valence-electron chi connectivity index (χ0n) is 13.2. The van der Waals surface area contributed by atoms with Crippen LogP contribution >= 0.6 is 0 Å². The summed E-state index contributed by atoms with van der Waals surface area (Å²) in [5.74, 6) is 1.95. The monoisotopic (exact) mass is 288 g/mol. The smallest absolute Gasteiger partial charge is 0.119 e. The van der Waals surface area contributed by atoms with Crippen LogP contribution in [0.1, 0.15) is 38.2 Å². The van der Waals surface area contributed by atoms with E-state index in [1.165, 1.54) is 37.8 Å². The normalized spacial score (nSPS) is 18.2. The minimum absolute atomic E-state index is 0.771. The van der Waals surface area contributed by atoms with Gasteiger partial charge in [-0.25, -0.2) is 0 Å². The number of hydrogen-bond acceptors (Lipinski definition) is 3. The summed E-state index contributed by atoms with van der Waals surface area (Å²) in [6.07, 6.45) is 5.54. The molecule has 0 heterocycles. The van der Waals surface area contributed by atoms with E-state index in [0.29, 0.717) is 0 Å². The Bertz CT molecular complexity index is 423. The average Bonchev–Trinajstić information content (AvgIpc) is 3.40. The van der Waals surface area contributed by atoms with Gasteiger partial charge >= 0.3 is 0 Å². The van der Waals surface area contributed by atoms with Crippen molar-refractivity contribution in [2.75, 3.05) is 26.2 Å². The maximum Gasteiger partial charge on any atom is 0.119 e. The number of likely N-dealkylation sites (N-methyl/N-ethyl adjacent to an activating group) is 1. The van der Waals surface area contributed by atoms with Crippen molar-refractivity contribution in [3.8, 4) is 5.75 Å². The first-order valence-corrected chi connectivity index (χ1v) is 8.51. The van der Waals surface area contributed by atoms with Gasteiger partial charge in [-0.05, 0) is 55.8 Å². The van der Waals surface area contributed by atoms with Crippen molar-refractivity contribution in [2.24, 2.45) is 5.92 Å². The molecular formula is C18H28N2O. The Morgan fingerprint density at radius 3 is 2.52 bits per heavy atom. The van der Waals surface area contributed by atoms with Crippen molar-refractivity contribution in [3.05, 3.63) is 29.8 Å². The van der Waals surface area contributed by atoms with Crippen LogP contribution < -0.4 is 10.1 Å². The molecule has 0 unspecified atom stereocenters. The molecule has 0 aliphatic heterocycles. The second kappa shape index (κ2) is 7.28. The zero-order chi connectivity index (χ0) is 14.5. The van der Waals surface area contributed by atoms with E-state index in [1.807, 2.05) is 0 Å². The van der Waals surface area contributed by atoms with Crippen molar-refractivity contribution in [1.29, 1.82) is 0 Å². The van der Waals surface area contributed by atoms with Gasteiger partial charge < -0.3 is 10.1 Å². The summed E-state index contributed by atoms with van der Waals surface area (Å²) < 4.78 is 5.87. The summed E-state index contributed by atoms with van der Waals surface area (Å²) in [7, 11) is 0. The lowest BCUT2D eigenvalue weighted by Gasteiger charge is -2.20. The number of nitrogens with zero attached hydrogens (tertiary/aromatic N) is 1. The molecular weight excluding hydrogens is 260 g/mol. The average molecular weight is 288 g/mol. The molecule has 0 radical (unpaired) electrons. The zero-order valence-corrected chi connectivity index (χ0v) is 13.2. The molecule has 0 saturated heterocycles. The van der Waals surface area contributed by atoms with Gasteiger partial charge in [-0.15, -0.1) is 0 Å². The van der Waals surface area contributed by atoms with Crippen LogP contribution in [0.4, 0.5) is 0 Å². The minimum Gasteiger partial charge on any atom is -0.492 e. The number of hydrogen-bond donors (Lipinski definition) is 1. The second-order valence-corrected chi connectivity index (χ2v) is 6.48. The Hall–Kier alpha value is -1.06. The highest BCUT2D eigenvalue weighted by Gasteiger charge is 2.23.